The average molecular weight is 328 g/mol. The van der Waals surface area contributed by atoms with E-state index < -0.39 is 5.97 Å². The van der Waals surface area contributed by atoms with Gasteiger partial charge in [-0.3, -0.25) is 5.10 Å². The number of carboxylic acid groups (broad SMARTS) is 1. The Morgan fingerprint density at radius 2 is 2.12 bits per heavy atom. The first-order chi connectivity index (χ1) is 7.61. The summed E-state index contributed by atoms with van der Waals surface area (Å²) in [6, 6.07) is 7.56. The lowest BCUT2D eigenvalue weighted by Gasteiger charge is -2.01. The summed E-state index contributed by atoms with van der Waals surface area (Å²) in [5, 5.41) is 15.9. The molecule has 0 aliphatic heterocycles. The molecule has 82 valence electrons. The lowest BCUT2D eigenvalue weighted by Crippen LogP contribution is -2.00. The Morgan fingerprint density at radius 1 is 1.44 bits per heavy atom. The fraction of sp³-hybridized carbons (Fsp3) is 0.0909. The van der Waals surface area contributed by atoms with Crippen LogP contribution in [0.25, 0.3) is 11.3 Å². The van der Waals surface area contributed by atoms with Gasteiger partial charge in [-0.05, 0) is 35.6 Å². The van der Waals surface area contributed by atoms with Crippen molar-refractivity contribution >= 4 is 28.6 Å². The van der Waals surface area contributed by atoms with Crippen molar-refractivity contribution in [2.45, 2.75) is 6.92 Å². The highest BCUT2D eigenvalue weighted by atomic mass is 127. The first kappa shape index (κ1) is 11.1. The summed E-state index contributed by atoms with van der Waals surface area (Å²) in [4.78, 5) is 11.1. The highest BCUT2D eigenvalue weighted by Crippen LogP contribution is 2.27. The molecule has 0 aliphatic rings. The predicted octanol–water partition coefficient (Wildman–Crippen LogP) is 2.69. The molecular formula is C11H9IN2O2. The standard InChI is InChI=1S/C11H9IN2O2/c1-6-9(11(15)16)10(14-13-6)7-4-2-3-5-8(7)12/h2-5H,1H3,(H,13,14)(H,15,16). The molecule has 5 heteroatoms. The van der Waals surface area contributed by atoms with Crippen molar-refractivity contribution in [3.05, 3.63) is 39.1 Å². The van der Waals surface area contributed by atoms with E-state index in [1.54, 1.807) is 6.92 Å². The number of halogens is 1. The normalized spacial score (nSPS) is 10.4. The van der Waals surface area contributed by atoms with Crippen LogP contribution in [0.5, 0.6) is 0 Å². The molecule has 0 bridgehead atoms. The molecule has 4 nitrogen and oxygen atoms in total. The van der Waals surface area contributed by atoms with Crippen molar-refractivity contribution in [3.63, 3.8) is 0 Å². The maximum atomic E-state index is 11.1. The van der Waals surface area contributed by atoms with Crippen LogP contribution in [-0.4, -0.2) is 21.3 Å². The summed E-state index contributed by atoms with van der Waals surface area (Å²) < 4.78 is 0.981. The molecular weight excluding hydrogens is 319 g/mol. The van der Waals surface area contributed by atoms with Crippen LogP contribution in [0.3, 0.4) is 0 Å². The number of H-pyrrole nitrogens is 1. The minimum absolute atomic E-state index is 0.240. The smallest absolute Gasteiger partial charge is 0.339 e. The van der Waals surface area contributed by atoms with E-state index in [-0.39, 0.29) is 5.56 Å². The Kier molecular flexibility index (Phi) is 2.95. The number of aromatic nitrogens is 2. The van der Waals surface area contributed by atoms with Gasteiger partial charge in [0.25, 0.3) is 0 Å². The van der Waals surface area contributed by atoms with Gasteiger partial charge in [-0.1, -0.05) is 18.2 Å². The Morgan fingerprint density at radius 3 is 2.75 bits per heavy atom. The number of aromatic carboxylic acids is 1. The number of carboxylic acids is 1. The van der Waals surface area contributed by atoms with E-state index >= 15 is 0 Å². The van der Waals surface area contributed by atoms with Crippen LogP contribution >= 0.6 is 22.6 Å². The van der Waals surface area contributed by atoms with Gasteiger partial charge < -0.3 is 5.11 Å². The van der Waals surface area contributed by atoms with Crippen LogP contribution in [0.15, 0.2) is 24.3 Å². The predicted molar refractivity (Wildman–Crippen MR) is 68.4 cm³/mol. The van der Waals surface area contributed by atoms with Gasteiger partial charge in [0.05, 0.1) is 0 Å². The fourth-order valence-corrected chi connectivity index (χ4v) is 2.18. The Labute approximate surface area is 106 Å². The zero-order valence-electron chi connectivity index (χ0n) is 8.49. The highest BCUT2D eigenvalue weighted by molar-refractivity contribution is 14.1. The zero-order valence-corrected chi connectivity index (χ0v) is 10.6. The molecule has 0 spiro atoms. The Bertz CT molecular complexity index is 549. The molecule has 2 rings (SSSR count). The van der Waals surface area contributed by atoms with Crippen LogP contribution in [0, 0.1) is 10.5 Å². The molecule has 0 saturated carbocycles. The number of hydrogen-bond donors (Lipinski definition) is 2. The van der Waals surface area contributed by atoms with Crippen LogP contribution in [-0.2, 0) is 0 Å². The largest absolute Gasteiger partial charge is 0.478 e. The summed E-state index contributed by atoms with van der Waals surface area (Å²) in [5.74, 6) is -0.957. The van der Waals surface area contributed by atoms with E-state index in [0.717, 1.165) is 9.13 Å². The second-order valence-electron chi connectivity index (χ2n) is 3.36. The molecule has 0 radical (unpaired) electrons. The second-order valence-corrected chi connectivity index (χ2v) is 4.52. The number of hydrogen-bond acceptors (Lipinski definition) is 2. The van der Waals surface area contributed by atoms with Crippen LogP contribution in [0.2, 0.25) is 0 Å². The minimum Gasteiger partial charge on any atom is -0.478 e. The van der Waals surface area contributed by atoms with Crippen molar-refractivity contribution < 1.29 is 9.90 Å². The SMILES string of the molecule is Cc1[nH]nc(-c2ccccc2I)c1C(=O)O. The molecule has 1 heterocycles. The molecule has 0 unspecified atom stereocenters. The molecule has 0 atom stereocenters. The van der Waals surface area contributed by atoms with Gasteiger partial charge in [0, 0.05) is 14.8 Å². The first-order valence-corrected chi connectivity index (χ1v) is 5.72. The monoisotopic (exact) mass is 328 g/mol. The van der Waals surface area contributed by atoms with Crippen molar-refractivity contribution in [1.29, 1.82) is 0 Å². The van der Waals surface area contributed by atoms with E-state index in [4.69, 9.17) is 5.11 Å². The molecule has 0 saturated heterocycles. The Hall–Kier alpha value is -1.37. The highest BCUT2D eigenvalue weighted by Gasteiger charge is 2.19. The quantitative estimate of drug-likeness (QED) is 0.833. The number of aryl methyl sites for hydroxylation is 1. The van der Waals surface area contributed by atoms with Gasteiger partial charge in [0.2, 0.25) is 0 Å². The summed E-state index contributed by atoms with van der Waals surface area (Å²) >= 11 is 2.17. The van der Waals surface area contributed by atoms with Crippen molar-refractivity contribution in [1.82, 2.24) is 10.2 Å². The lowest BCUT2D eigenvalue weighted by molar-refractivity contribution is 0.0697. The van der Waals surface area contributed by atoms with Crippen LogP contribution < -0.4 is 0 Å². The van der Waals surface area contributed by atoms with E-state index in [1.165, 1.54) is 0 Å². The summed E-state index contributed by atoms with van der Waals surface area (Å²) in [6.07, 6.45) is 0. The van der Waals surface area contributed by atoms with Crippen molar-refractivity contribution in [3.8, 4) is 11.3 Å². The third kappa shape index (κ3) is 1.82. The first-order valence-electron chi connectivity index (χ1n) is 4.64. The van der Waals surface area contributed by atoms with Crippen molar-refractivity contribution in [2.24, 2.45) is 0 Å². The maximum Gasteiger partial charge on any atom is 0.339 e. The minimum atomic E-state index is -0.957. The van der Waals surface area contributed by atoms with Gasteiger partial charge in [-0.2, -0.15) is 5.10 Å². The van der Waals surface area contributed by atoms with Gasteiger partial charge >= 0.3 is 5.97 Å². The van der Waals surface area contributed by atoms with E-state index in [1.807, 2.05) is 24.3 Å². The number of rotatable bonds is 2. The third-order valence-electron chi connectivity index (χ3n) is 2.29. The maximum absolute atomic E-state index is 11.1. The number of carbonyl (C=O) groups is 1. The molecule has 0 fully saturated rings. The number of nitrogens with zero attached hydrogens (tertiary/aromatic N) is 1. The molecule has 1 aromatic carbocycles. The number of nitrogens with one attached hydrogen (secondary N) is 1. The average Bonchev–Trinajstić information content (AvgIpc) is 2.61. The molecule has 2 N–H and O–H groups in total. The van der Waals surface area contributed by atoms with E-state index in [0.29, 0.717) is 11.4 Å². The third-order valence-corrected chi connectivity index (χ3v) is 3.23. The molecule has 2 aromatic rings. The lowest BCUT2D eigenvalue weighted by atomic mass is 10.1. The van der Waals surface area contributed by atoms with Crippen LogP contribution in [0.1, 0.15) is 16.1 Å². The second kappa shape index (κ2) is 4.25. The van der Waals surface area contributed by atoms with E-state index in [2.05, 4.69) is 32.8 Å². The summed E-state index contributed by atoms with van der Waals surface area (Å²) in [7, 11) is 0. The molecule has 0 amide bonds. The van der Waals surface area contributed by atoms with Crippen molar-refractivity contribution in [2.75, 3.05) is 0 Å². The van der Waals surface area contributed by atoms with Gasteiger partial charge in [0.15, 0.2) is 0 Å². The summed E-state index contributed by atoms with van der Waals surface area (Å²) in [5.41, 5.74) is 2.14. The fourth-order valence-electron chi connectivity index (χ4n) is 1.54. The van der Waals surface area contributed by atoms with Gasteiger partial charge in [-0.25, -0.2) is 4.79 Å². The topological polar surface area (TPSA) is 66.0 Å². The zero-order chi connectivity index (χ0) is 11.7. The molecule has 1 aromatic heterocycles. The van der Waals surface area contributed by atoms with Gasteiger partial charge in [0.1, 0.15) is 11.3 Å². The van der Waals surface area contributed by atoms with E-state index in [9.17, 15) is 4.79 Å². The number of aromatic amines is 1. The van der Waals surface area contributed by atoms with Gasteiger partial charge in [-0.15, -0.1) is 0 Å². The molecule has 16 heavy (non-hydrogen) atoms. The number of benzene rings is 1. The Balaban J connectivity index is 2.66. The molecule has 0 aliphatic carbocycles. The summed E-state index contributed by atoms with van der Waals surface area (Å²) in [6.45, 7) is 1.70. The van der Waals surface area contributed by atoms with Crippen LogP contribution in [0.4, 0.5) is 0 Å².